The van der Waals surface area contributed by atoms with Crippen LogP contribution in [0.5, 0.6) is 0 Å². The van der Waals surface area contributed by atoms with Crippen molar-refractivity contribution in [3.05, 3.63) is 41.5 Å². The summed E-state index contributed by atoms with van der Waals surface area (Å²) in [7, 11) is 0. The Kier molecular flexibility index (Phi) is 6.00. The van der Waals surface area contributed by atoms with Crippen LogP contribution in [0.4, 0.5) is 0 Å². The third kappa shape index (κ3) is 3.92. The van der Waals surface area contributed by atoms with Gasteiger partial charge in [-0.15, -0.1) is 0 Å². The van der Waals surface area contributed by atoms with Gasteiger partial charge in [0.15, 0.2) is 0 Å². The van der Waals surface area contributed by atoms with Gasteiger partial charge in [-0.1, -0.05) is 44.9 Å². The number of nitrogens with one attached hydrogen (secondary N) is 1. The Hall–Kier alpha value is -1.75. The summed E-state index contributed by atoms with van der Waals surface area (Å²) in [5.41, 5.74) is 3.69. The van der Waals surface area contributed by atoms with Crippen LogP contribution in [-0.4, -0.2) is 6.54 Å². The molecule has 1 aromatic carbocycles. The van der Waals surface area contributed by atoms with Crippen LogP contribution in [0.25, 0.3) is 5.70 Å². The Balaban J connectivity index is 2.55. The van der Waals surface area contributed by atoms with Crippen LogP contribution < -0.4 is 5.32 Å². The fraction of sp³-hybridized carbons (Fsp3) is 0.438. The largest absolute Gasteiger partial charge is 0.385 e. The molecule has 96 valence electrons. The maximum atomic E-state index is 9.00. The number of rotatable bonds is 7. The third-order valence-electron chi connectivity index (χ3n) is 3.15. The van der Waals surface area contributed by atoms with E-state index in [1.807, 2.05) is 25.1 Å². The molecule has 1 rings (SSSR count). The number of nitriles is 1. The predicted octanol–water partition coefficient (Wildman–Crippen LogP) is 4.01. The molecule has 18 heavy (non-hydrogen) atoms. The topological polar surface area (TPSA) is 35.8 Å². The van der Waals surface area contributed by atoms with Gasteiger partial charge in [-0.2, -0.15) is 5.26 Å². The Labute approximate surface area is 110 Å². The van der Waals surface area contributed by atoms with Gasteiger partial charge in [0.25, 0.3) is 0 Å². The first kappa shape index (κ1) is 14.3. The van der Waals surface area contributed by atoms with E-state index >= 15 is 0 Å². The second-order valence-corrected chi connectivity index (χ2v) is 4.56. The average molecular weight is 242 g/mol. The van der Waals surface area contributed by atoms with Gasteiger partial charge < -0.3 is 5.32 Å². The van der Waals surface area contributed by atoms with Crippen LogP contribution in [0.3, 0.4) is 0 Å². The number of benzene rings is 1. The van der Waals surface area contributed by atoms with Gasteiger partial charge in [-0.25, -0.2) is 0 Å². The van der Waals surface area contributed by atoms with Gasteiger partial charge >= 0.3 is 0 Å². The summed E-state index contributed by atoms with van der Waals surface area (Å²) in [6, 6.07) is 7.97. The normalized spacial score (nSPS) is 9.83. The minimum absolute atomic E-state index is 0.724. The van der Waals surface area contributed by atoms with E-state index in [-0.39, 0.29) is 0 Å². The van der Waals surface area contributed by atoms with Crippen LogP contribution in [0.15, 0.2) is 24.8 Å². The molecule has 2 heteroatoms. The van der Waals surface area contributed by atoms with Crippen LogP contribution in [0.2, 0.25) is 0 Å². The van der Waals surface area contributed by atoms with E-state index in [2.05, 4.69) is 24.9 Å². The predicted molar refractivity (Wildman–Crippen MR) is 77.1 cm³/mol. The number of hydrogen-bond acceptors (Lipinski definition) is 2. The van der Waals surface area contributed by atoms with Gasteiger partial charge in [0.2, 0.25) is 0 Å². The molecule has 0 amide bonds. The zero-order chi connectivity index (χ0) is 13.4. The third-order valence-corrected chi connectivity index (χ3v) is 3.15. The minimum atomic E-state index is 0.724. The van der Waals surface area contributed by atoms with Crippen LogP contribution in [0, 0.1) is 18.3 Å². The van der Waals surface area contributed by atoms with Gasteiger partial charge in [0, 0.05) is 17.8 Å². The van der Waals surface area contributed by atoms with E-state index in [4.69, 9.17) is 5.26 Å². The molecule has 0 aliphatic carbocycles. The maximum absolute atomic E-state index is 9.00. The molecule has 0 spiro atoms. The Morgan fingerprint density at radius 2 is 2.11 bits per heavy atom. The van der Waals surface area contributed by atoms with E-state index in [1.54, 1.807) is 0 Å². The highest BCUT2D eigenvalue weighted by molar-refractivity contribution is 5.66. The first-order valence-electron chi connectivity index (χ1n) is 6.63. The Bertz CT molecular complexity index is 441. The lowest BCUT2D eigenvalue weighted by Crippen LogP contribution is -2.13. The first-order valence-corrected chi connectivity index (χ1v) is 6.63. The lowest BCUT2D eigenvalue weighted by atomic mass is 10.0. The van der Waals surface area contributed by atoms with Gasteiger partial charge in [-0.3, -0.25) is 0 Å². The molecule has 1 N–H and O–H groups in total. The number of unbranched alkanes of at least 4 members (excludes halogenated alkanes) is 3. The molecule has 0 heterocycles. The smallest absolute Gasteiger partial charge is 0.0994 e. The highest BCUT2D eigenvalue weighted by Gasteiger charge is 2.05. The molecule has 0 aliphatic heterocycles. The van der Waals surface area contributed by atoms with E-state index < -0.39 is 0 Å². The van der Waals surface area contributed by atoms with Crippen molar-refractivity contribution in [2.75, 3.05) is 6.54 Å². The zero-order valence-corrected chi connectivity index (χ0v) is 11.4. The molecule has 0 aliphatic rings. The van der Waals surface area contributed by atoms with Gasteiger partial charge in [0.05, 0.1) is 11.6 Å². The van der Waals surface area contributed by atoms with Crippen molar-refractivity contribution in [3.8, 4) is 6.07 Å². The van der Waals surface area contributed by atoms with Gasteiger partial charge in [-0.05, 0) is 25.0 Å². The van der Waals surface area contributed by atoms with E-state index in [0.717, 1.165) is 28.9 Å². The fourth-order valence-electron chi connectivity index (χ4n) is 1.97. The molecule has 0 aromatic heterocycles. The molecule has 0 radical (unpaired) electrons. The van der Waals surface area contributed by atoms with Gasteiger partial charge in [0.1, 0.15) is 0 Å². The summed E-state index contributed by atoms with van der Waals surface area (Å²) in [6.07, 6.45) is 4.97. The second-order valence-electron chi connectivity index (χ2n) is 4.56. The second kappa shape index (κ2) is 7.55. The molecule has 2 nitrogen and oxygen atoms in total. The monoisotopic (exact) mass is 242 g/mol. The molecular weight excluding hydrogens is 220 g/mol. The highest BCUT2D eigenvalue weighted by atomic mass is 14.9. The lowest BCUT2D eigenvalue weighted by molar-refractivity contribution is 0.650. The van der Waals surface area contributed by atoms with E-state index in [0.29, 0.717) is 0 Å². The molecule has 0 bridgehead atoms. The molecule has 0 fully saturated rings. The summed E-state index contributed by atoms with van der Waals surface area (Å²) in [4.78, 5) is 0. The van der Waals surface area contributed by atoms with Crippen molar-refractivity contribution in [1.29, 1.82) is 5.26 Å². The van der Waals surface area contributed by atoms with Crippen molar-refractivity contribution in [2.45, 2.75) is 39.5 Å². The highest BCUT2D eigenvalue weighted by Crippen LogP contribution is 2.18. The van der Waals surface area contributed by atoms with Crippen LogP contribution in [0.1, 0.15) is 49.3 Å². The average Bonchev–Trinajstić information content (AvgIpc) is 2.38. The molecule has 0 atom stereocenters. The van der Waals surface area contributed by atoms with Crippen molar-refractivity contribution in [2.24, 2.45) is 0 Å². The molecule has 0 unspecified atom stereocenters. The minimum Gasteiger partial charge on any atom is -0.385 e. The van der Waals surface area contributed by atoms with Crippen molar-refractivity contribution < 1.29 is 0 Å². The standard InChI is InChI=1S/C16H22N2/c1-4-5-6-7-11-18-14(3)16-10-8-9-15(12-17)13(16)2/h8-10,18H,3-7,11H2,1-2H3. The molecule has 0 saturated heterocycles. The summed E-state index contributed by atoms with van der Waals surface area (Å²) in [5, 5.41) is 12.3. The summed E-state index contributed by atoms with van der Waals surface area (Å²) < 4.78 is 0. The summed E-state index contributed by atoms with van der Waals surface area (Å²) in [6.45, 7) is 9.19. The quantitative estimate of drug-likeness (QED) is 0.733. The van der Waals surface area contributed by atoms with E-state index in [9.17, 15) is 0 Å². The van der Waals surface area contributed by atoms with Crippen LogP contribution >= 0.6 is 0 Å². The summed E-state index contributed by atoms with van der Waals surface area (Å²) >= 11 is 0. The maximum Gasteiger partial charge on any atom is 0.0994 e. The zero-order valence-electron chi connectivity index (χ0n) is 11.4. The summed E-state index contributed by atoms with van der Waals surface area (Å²) in [5.74, 6) is 0. The van der Waals surface area contributed by atoms with Crippen molar-refractivity contribution >= 4 is 5.70 Å². The lowest BCUT2D eigenvalue weighted by Gasteiger charge is -2.12. The van der Waals surface area contributed by atoms with Crippen molar-refractivity contribution in [3.63, 3.8) is 0 Å². The Morgan fingerprint density at radius 3 is 2.78 bits per heavy atom. The first-order chi connectivity index (χ1) is 8.70. The SMILES string of the molecule is C=C(NCCCCCC)c1cccc(C#N)c1C. The fourth-order valence-corrected chi connectivity index (χ4v) is 1.97. The molecular formula is C16H22N2. The number of nitrogens with zero attached hydrogens (tertiary/aromatic N) is 1. The number of hydrogen-bond donors (Lipinski definition) is 1. The Morgan fingerprint density at radius 1 is 1.33 bits per heavy atom. The molecule has 1 aromatic rings. The van der Waals surface area contributed by atoms with E-state index in [1.165, 1.54) is 25.7 Å². The van der Waals surface area contributed by atoms with Crippen LogP contribution in [-0.2, 0) is 0 Å². The van der Waals surface area contributed by atoms with Crippen molar-refractivity contribution in [1.82, 2.24) is 5.32 Å². The molecule has 0 saturated carbocycles.